The predicted octanol–water partition coefficient (Wildman–Crippen LogP) is 14.9. The summed E-state index contributed by atoms with van der Waals surface area (Å²) in [5.41, 5.74) is 17.9. The van der Waals surface area contributed by atoms with E-state index in [9.17, 15) is 0 Å². The highest BCUT2D eigenvalue weighted by Gasteiger charge is 2.51. The fourth-order valence-electron chi connectivity index (χ4n) is 10.3. The van der Waals surface area contributed by atoms with Crippen molar-refractivity contribution in [3.63, 3.8) is 0 Å². The number of para-hydroxylation sites is 3. The first-order valence-corrected chi connectivity index (χ1v) is 20.8. The van der Waals surface area contributed by atoms with Gasteiger partial charge in [-0.05, 0) is 128 Å². The quantitative estimate of drug-likeness (QED) is 0.183. The molecule has 0 unspecified atom stereocenters. The van der Waals surface area contributed by atoms with Gasteiger partial charge in [0, 0.05) is 45.5 Å². The van der Waals surface area contributed by atoms with Crippen molar-refractivity contribution in [3.05, 3.63) is 234 Å². The molecule has 3 heterocycles. The highest BCUT2D eigenvalue weighted by molar-refractivity contribution is 6.06. The molecule has 0 fully saturated rings. The van der Waals surface area contributed by atoms with Gasteiger partial charge in [0.15, 0.2) is 0 Å². The normalized spacial score (nSPS) is 13.6. The Morgan fingerprint density at radius 2 is 1.11 bits per heavy atom. The monoisotopic (exact) mass is 780 g/mol. The molecule has 0 aliphatic heterocycles. The Kier molecular flexibility index (Phi) is 7.19. The predicted molar refractivity (Wildman–Crippen MR) is 251 cm³/mol. The van der Waals surface area contributed by atoms with Gasteiger partial charge in [-0.25, -0.2) is 0 Å². The van der Waals surface area contributed by atoms with Crippen molar-refractivity contribution < 1.29 is 8.83 Å². The third-order valence-corrected chi connectivity index (χ3v) is 12.9. The van der Waals surface area contributed by atoms with Crippen LogP contribution in [0.15, 0.2) is 203 Å². The number of nitrogens with one attached hydrogen (secondary N) is 1. The Balaban J connectivity index is 0.902. The Hall–Kier alpha value is -8.08. The third kappa shape index (κ3) is 4.93. The van der Waals surface area contributed by atoms with Crippen LogP contribution in [-0.4, -0.2) is 4.57 Å². The summed E-state index contributed by atoms with van der Waals surface area (Å²) < 4.78 is 14.9. The maximum absolute atomic E-state index is 6.47. The summed E-state index contributed by atoms with van der Waals surface area (Å²) in [5, 5.41) is 8.19. The smallest absolute Gasteiger partial charge is 0.135 e. The molecule has 4 nitrogen and oxygen atoms in total. The largest absolute Gasteiger partial charge is 0.456 e. The van der Waals surface area contributed by atoms with E-state index in [-0.39, 0.29) is 0 Å². The van der Waals surface area contributed by atoms with E-state index in [0.29, 0.717) is 0 Å². The second-order valence-corrected chi connectivity index (χ2v) is 16.1. The van der Waals surface area contributed by atoms with E-state index >= 15 is 0 Å². The first kappa shape index (κ1) is 33.8. The van der Waals surface area contributed by atoms with Crippen LogP contribution in [0.1, 0.15) is 39.1 Å². The van der Waals surface area contributed by atoms with Gasteiger partial charge < -0.3 is 18.7 Å². The molecule has 0 bridgehead atoms. The van der Waals surface area contributed by atoms with Gasteiger partial charge in [0.1, 0.15) is 22.5 Å². The van der Waals surface area contributed by atoms with Gasteiger partial charge in [-0.1, -0.05) is 127 Å². The van der Waals surface area contributed by atoms with Crippen LogP contribution in [0, 0.1) is 0 Å². The molecule has 4 heteroatoms. The van der Waals surface area contributed by atoms with E-state index in [0.717, 1.165) is 61.2 Å². The summed E-state index contributed by atoms with van der Waals surface area (Å²) in [5.74, 6) is 0.796. The first-order valence-electron chi connectivity index (χ1n) is 20.8. The lowest BCUT2D eigenvalue weighted by Gasteiger charge is -2.31. The van der Waals surface area contributed by atoms with Gasteiger partial charge in [0.05, 0.1) is 10.9 Å². The summed E-state index contributed by atoms with van der Waals surface area (Å²) in [6, 6.07) is 65.4. The van der Waals surface area contributed by atoms with Gasteiger partial charge in [0.25, 0.3) is 0 Å². The number of hydrogen-bond acceptors (Lipinski definition) is 3. The zero-order chi connectivity index (χ0) is 40.1. The molecule has 3 aromatic heterocycles. The van der Waals surface area contributed by atoms with E-state index in [1.165, 1.54) is 55.4 Å². The van der Waals surface area contributed by atoms with Gasteiger partial charge in [-0.2, -0.15) is 0 Å². The minimum Gasteiger partial charge on any atom is -0.456 e. The third-order valence-electron chi connectivity index (χ3n) is 12.9. The van der Waals surface area contributed by atoms with Crippen molar-refractivity contribution >= 4 is 67.7 Å². The maximum Gasteiger partial charge on any atom is 0.135 e. The average molecular weight is 781 g/mol. The van der Waals surface area contributed by atoms with Crippen LogP contribution in [0.25, 0.3) is 90.0 Å². The molecule has 286 valence electrons. The summed E-state index contributed by atoms with van der Waals surface area (Å²) in [4.78, 5) is 0. The molecule has 61 heavy (non-hydrogen) atoms. The molecule has 1 spiro atoms. The van der Waals surface area contributed by atoms with Crippen molar-refractivity contribution in [2.45, 2.75) is 5.41 Å². The second-order valence-electron chi connectivity index (χ2n) is 16.1. The van der Waals surface area contributed by atoms with Gasteiger partial charge in [-0.3, -0.25) is 0 Å². The van der Waals surface area contributed by atoms with E-state index < -0.39 is 5.41 Å². The molecule has 1 N–H and O–H groups in total. The molecular weight excluding hydrogens is 745 g/mol. The van der Waals surface area contributed by atoms with Crippen LogP contribution >= 0.6 is 0 Å². The molecule has 11 aromatic rings. The molecule has 13 rings (SSSR count). The van der Waals surface area contributed by atoms with Gasteiger partial charge >= 0.3 is 0 Å². The standard InChI is InChI=1S/C57H36N2O2/c1-8-18-52-37(11-1)30-32-59(52)39-24-26-43-42-25-23-38(34-50(42)57(51(43)35-39)48-16-6-2-12-40(48)41-13-3-7-17-49(41)57)58-31-29-46-44-14-4-9-19-53(44)60-55(46)27-21-36-22-28-56-47(33-36)45-15-5-10-20-54(45)61-56/h1-35,58H/b27-21-,31-29+. The highest BCUT2D eigenvalue weighted by atomic mass is 16.3. The van der Waals surface area contributed by atoms with Crippen molar-refractivity contribution in [1.29, 1.82) is 0 Å². The van der Waals surface area contributed by atoms with Crippen molar-refractivity contribution in [1.82, 2.24) is 4.57 Å². The lowest BCUT2D eigenvalue weighted by Crippen LogP contribution is -2.26. The highest BCUT2D eigenvalue weighted by Crippen LogP contribution is 2.63. The number of benzene rings is 8. The lowest BCUT2D eigenvalue weighted by molar-refractivity contribution is 0.603. The van der Waals surface area contributed by atoms with E-state index in [1.807, 2.05) is 36.5 Å². The summed E-state index contributed by atoms with van der Waals surface area (Å²) >= 11 is 0. The number of nitrogens with zero attached hydrogens (tertiary/aromatic N) is 1. The van der Waals surface area contributed by atoms with Crippen LogP contribution in [0.3, 0.4) is 0 Å². The molecule has 0 saturated heterocycles. The van der Waals surface area contributed by atoms with Gasteiger partial charge in [0.2, 0.25) is 0 Å². The van der Waals surface area contributed by atoms with E-state index in [1.54, 1.807) is 0 Å². The lowest BCUT2D eigenvalue weighted by atomic mass is 9.70. The van der Waals surface area contributed by atoms with Gasteiger partial charge in [-0.15, -0.1) is 0 Å². The summed E-state index contributed by atoms with van der Waals surface area (Å²) in [6.45, 7) is 0. The molecule has 8 aromatic carbocycles. The Morgan fingerprint density at radius 3 is 1.95 bits per heavy atom. The van der Waals surface area contributed by atoms with Crippen LogP contribution in [0.2, 0.25) is 0 Å². The summed E-state index contributed by atoms with van der Waals surface area (Å²) in [6.07, 6.45) is 10.5. The minimum absolute atomic E-state index is 0.483. The Labute approximate surface area is 351 Å². The van der Waals surface area contributed by atoms with Crippen molar-refractivity contribution in [2.24, 2.45) is 0 Å². The van der Waals surface area contributed by atoms with Crippen LogP contribution in [0.5, 0.6) is 0 Å². The van der Waals surface area contributed by atoms with Crippen molar-refractivity contribution in [3.8, 4) is 27.9 Å². The number of anilines is 1. The van der Waals surface area contributed by atoms with Crippen LogP contribution in [0.4, 0.5) is 5.69 Å². The van der Waals surface area contributed by atoms with Crippen LogP contribution in [-0.2, 0) is 5.41 Å². The SMILES string of the molecule is C(=C/c1oc2ccccc2c1/C=C/Nc1ccc2c(c1)C1(c3ccccc3-c3ccccc31)c1cc(-n3ccc4ccccc43)ccc1-2)/c1ccc2oc3ccccc3c2c1. The molecule has 0 saturated carbocycles. The van der Waals surface area contributed by atoms with Crippen molar-refractivity contribution in [2.75, 3.05) is 5.32 Å². The molecule has 0 atom stereocenters. The van der Waals surface area contributed by atoms with E-state index in [4.69, 9.17) is 8.83 Å². The summed E-state index contributed by atoms with van der Waals surface area (Å²) in [7, 11) is 0. The number of rotatable bonds is 6. The zero-order valence-corrected chi connectivity index (χ0v) is 33.0. The number of fused-ring (bicyclic) bond motifs is 15. The number of hydrogen-bond donors (Lipinski definition) is 1. The fraction of sp³-hybridized carbons (Fsp3) is 0.0175. The van der Waals surface area contributed by atoms with Crippen LogP contribution < -0.4 is 5.32 Å². The first-order chi connectivity index (χ1) is 30.2. The molecule has 2 aliphatic rings. The second kappa shape index (κ2) is 13.0. The molecular formula is C57H36N2O2. The molecule has 0 radical (unpaired) electrons. The number of furan rings is 2. The minimum atomic E-state index is -0.483. The van der Waals surface area contributed by atoms with E-state index in [2.05, 4.69) is 186 Å². The number of aromatic nitrogens is 1. The topological polar surface area (TPSA) is 43.2 Å². The zero-order valence-electron chi connectivity index (χ0n) is 33.0. The Morgan fingerprint density at radius 1 is 0.459 bits per heavy atom. The molecule has 0 amide bonds. The fourth-order valence-corrected chi connectivity index (χ4v) is 10.3. The average Bonchev–Trinajstić information content (AvgIpc) is 4.12. The molecule has 2 aliphatic carbocycles. The maximum atomic E-state index is 6.47. The Bertz CT molecular complexity index is 3600.